The van der Waals surface area contributed by atoms with Gasteiger partial charge in [-0.25, -0.2) is 9.97 Å². The van der Waals surface area contributed by atoms with Crippen molar-refractivity contribution in [3.8, 4) is 0 Å². The van der Waals surface area contributed by atoms with Gasteiger partial charge in [-0.15, -0.1) is 0 Å². The Morgan fingerprint density at radius 2 is 2.20 bits per heavy atom. The van der Waals surface area contributed by atoms with Crippen molar-refractivity contribution < 1.29 is 9.21 Å². The molecule has 0 aliphatic rings. The average molecular weight is 339 g/mol. The summed E-state index contributed by atoms with van der Waals surface area (Å²) in [6, 6.07) is 1.71. The van der Waals surface area contributed by atoms with Crippen molar-refractivity contribution in [1.29, 1.82) is 0 Å². The molecule has 0 fully saturated rings. The molecule has 1 amide bonds. The van der Waals surface area contributed by atoms with Crippen LogP contribution in [0.1, 0.15) is 27.7 Å². The van der Waals surface area contributed by atoms with Gasteiger partial charge in [-0.1, -0.05) is 0 Å². The zero-order valence-electron chi connectivity index (χ0n) is 11.5. The van der Waals surface area contributed by atoms with Gasteiger partial charge >= 0.3 is 0 Å². The SMILES string of the molecule is CNc1ncc(Br)cc1C(=O)NCc1nc(C)c(C)o1. The van der Waals surface area contributed by atoms with Gasteiger partial charge in [0.2, 0.25) is 5.89 Å². The molecule has 6 nitrogen and oxygen atoms in total. The van der Waals surface area contributed by atoms with Crippen molar-refractivity contribution in [2.75, 3.05) is 12.4 Å². The zero-order chi connectivity index (χ0) is 14.7. The number of anilines is 1. The maximum atomic E-state index is 12.2. The van der Waals surface area contributed by atoms with Crippen molar-refractivity contribution in [3.05, 3.63) is 39.6 Å². The van der Waals surface area contributed by atoms with Crippen molar-refractivity contribution in [1.82, 2.24) is 15.3 Å². The Balaban J connectivity index is 2.10. The van der Waals surface area contributed by atoms with Gasteiger partial charge in [0.15, 0.2) is 0 Å². The minimum atomic E-state index is -0.239. The molecular weight excluding hydrogens is 324 g/mol. The third-order valence-corrected chi connectivity index (χ3v) is 3.24. The number of rotatable bonds is 4. The van der Waals surface area contributed by atoms with E-state index >= 15 is 0 Å². The van der Waals surface area contributed by atoms with Crippen LogP contribution >= 0.6 is 15.9 Å². The standard InChI is InChI=1S/C13H15BrN4O2/c1-7-8(2)20-11(18-7)6-17-13(19)10-4-9(14)5-16-12(10)15-3/h4-5H,6H2,1-3H3,(H,15,16)(H,17,19). The predicted molar refractivity (Wildman–Crippen MR) is 78.6 cm³/mol. The summed E-state index contributed by atoms with van der Waals surface area (Å²) >= 11 is 3.30. The van der Waals surface area contributed by atoms with Gasteiger partial charge in [0.05, 0.1) is 17.8 Å². The molecule has 0 unspecified atom stereocenters. The maximum Gasteiger partial charge on any atom is 0.255 e. The number of pyridine rings is 1. The fourth-order valence-electron chi connectivity index (χ4n) is 1.68. The van der Waals surface area contributed by atoms with E-state index in [0.29, 0.717) is 17.3 Å². The Kier molecular flexibility index (Phi) is 4.39. The number of aryl methyl sites for hydroxylation is 2. The molecule has 0 bridgehead atoms. The van der Waals surface area contributed by atoms with Gasteiger partial charge in [-0.2, -0.15) is 0 Å². The Bertz CT molecular complexity index is 620. The third-order valence-electron chi connectivity index (χ3n) is 2.81. The Labute approximate surface area is 125 Å². The molecule has 2 rings (SSSR count). The Morgan fingerprint density at radius 1 is 1.45 bits per heavy atom. The normalized spacial score (nSPS) is 10.4. The molecule has 20 heavy (non-hydrogen) atoms. The molecule has 0 aliphatic carbocycles. The highest BCUT2D eigenvalue weighted by molar-refractivity contribution is 9.10. The number of oxazole rings is 1. The summed E-state index contributed by atoms with van der Waals surface area (Å²) in [5, 5.41) is 5.64. The van der Waals surface area contributed by atoms with E-state index in [-0.39, 0.29) is 12.5 Å². The van der Waals surface area contributed by atoms with Crippen molar-refractivity contribution >= 4 is 27.7 Å². The molecule has 0 atom stereocenters. The van der Waals surface area contributed by atoms with Gasteiger partial charge in [-0.3, -0.25) is 4.79 Å². The molecule has 0 saturated heterocycles. The molecule has 0 saturated carbocycles. The number of halogens is 1. The highest BCUT2D eigenvalue weighted by Gasteiger charge is 2.14. The molecule has 0 spiro atoms. The first-order valence-corrected chi connectivity index (χ1v) is 6.85. The zero-order valence-corrected chi connectivity index (χ0v) is 13.0. The molecule has 2 aromatic rings. The number of hydrogen-bond donors (Lipinski definition) is 2. The van der Waals surface area contributed by atoms with E-state index in [0.717, 1.165) is 15.9 Å². The number of carbonyl (C=O) groups excluding carboxylic acids is 1. The lowest BCUT2D eigenvalue weighted by Gasteiger charge is -2.08. The van der Waals surface area contributed by atoms with Crippen LogP contribution in [0.3, 0.4) is 0 Å². The molecular formula is C13H15BrN4O2. The smallest absolute Gasteiger partial charge is 0.255 e. The molecule has 2 heterocycles. The Hall–Kier alpha value is -1.89. The molecule has 0 aromatic carbocycles. The van der Waals surface area contributed by atoms with Crippen LogP contribution in [0, 0.1) is 13.8 Å². The van der Waals surface area contributed by atoms with Crippen molar-refractivity contribution in [2.24, 2.45) is 0 Å². The number of nitrogens with zero attached hydrogens (tertiary/aromatic N) is 2. The summed E-state index contributed by atoms with van der Waals surface area (Å²) in [6.07, 6.45) is 1.63. The van der Waals surface area contributed by atoms with Crippen LogP contribution in [0.2, 0.25) is 0 Å². The molecule has 2 N–H and O–H groups in total. The summed E-state index contributed by atoms with van der Waals surface area (Å²) in [4.78, 5) is 20.5. The third kappa shape index (κ3) is 3.16. The molecule has 106 valence electrons. The van der Waals surface area contributed by atoms with E-state index in [2.05, 4.69) is 36.5 Å². The van der Waals surface area contributed by atoms with Crippen molar-refractivity contribution in [3.63, 3.8) is 0 Å². The van der Waals surface area contributed by atoms with Gasteiger partial charge in [0.25, 0.3) is 5.91 Å². The summed E-state index contributed by atoms with van der Waals surface area (Å²) in [7, 11) is 1.72. The second-order valence-corrected chi connectivity index (χ2v) is 5.15. The predicted octanol–water partition coefficient (Wildman–Crippen LogP) is 2.42. The maximum absolute atomic E-state index is 12.2. The number of amides is 1. The fraction of sp³-hybridized carbons (Fsp3) is 0.308. The number of aromatic nitrogens is 2. The first-order chi connectivity index (χ1) is 9.51. The van der Waals surface area contributed by atoms with Gasteiger partial charge in [0.1, 0.15) is 11.6 Å². The lowest BCUT2D eigenvalue weighted by molar-refractivity contribution is 0.0947. The summed E-state index contributed by atoms with van der Waals surface area (Å²) < 4.78 is 6.15. The second-order valence-electron chi connectivity index (χ2n) is 4.23. The summed E-state index contributed by atoms with van der Waals surface area (Å²) in [6.45, 7) is 3.94. The van der Waals surface area contributed by atoms with E-state index < -0.39 is 0 Å². The first-order valence-electron chi connectivity index (χ1n) is 6.05. The second kappa shape index (κ2) is 6.04. The van der Waals surface area contributed by atoms with E-state index in [4.69, 9.17) is 4.42 Å². The van der Waals surface area contributed by atoms with Gasteiger partial charge < -0.3 is 15.1 Å². The van der Waals surface area contributed by atoms with E-state index in [1.165, 1.54) is 0 Å². The minimum Gasteiger partial charge on any atom is -0.444 e. The molecule has 7 heteroatoms. The van der Waals surface area contributed by atoms with E-state index in [1.54, 1.807) is 19.3 Å². The largest absolute Gasteiger partial charge is 0.444 e. The van der Waals surface area contributed by atoms with Crippen LogP contribution in [0.4, 0.5) is 5.82 Å². The first kappa shape index (κ1) is 14.5. The monoisotopic (exact) mass is 338 g/mol. The number of hydrogen-bond acceptors (Lipinski definition) is 5. The van der Waals surface area contributed by atoms with Crippen LogP contribution in [-0.2, 0) is 6.54 Å². The van der Waals surface area contributed by atoms with Crippen LogP contribution in [0.5, 0.6) is 0 Å². The number of carbonyl (C=O) groups is 1. The highest BCUT2D eigenvalue weighted by atomic mass is 79.9. The summed E-state index contributed by atoms with van der Waals surface area (Å²) in [5.41, 5.74) is 1.29. The highest BCUT2D eigenvalue weighted by Crippen LogP contribution is 2.17. The van der Waals surface area contributed by atoms with Crippen LogP contribution in [-0.4, -0.2) is 22.9 Å². The quantitative estimate of drug-likeness (QED) is 0.894. The Morgan fingerprint density at radius 3 is 2.80 bits per heavy atom. The summed E-state index contributed by atoms with van der Waals surface area (Å²) in [5.74, 6) is 1.53. The van der Waals surface area contributed by atoms with Crippen molar-refractivity contribution in [2.45, 2.75) is 20.4 Å². The minimum absolute atomic E-state index is 0.239. The molecule has 2 aromatic heterocycles. The van der Waals surface area contributed by atoms with Gasteiger partial charge in [0, 0.05) is 17.7 Å². The fourth-order valence-corrected chi connectivity index (χ4v) is 2.01. The van der Waals surface area contributed by atoms with Crippen LogP contribution in [0.25, 0.3) is 0 Å². The topological polar surface area (TPSA) is 80.0 Å². The van der Waals surface area contributed by atoms with Crippen LogP contribution in [0.15, 0.2) is 21.2 Å². The molecule has 0 aliphatic heterocycles. The molecule has 0 radical (unpaired) electrons. The lowest BCUT2D eigenvalue weighted by atomic mass is 10.2. The van der Waals surface area contributed by atoms with Crippen LogP contribution < -0.4 is 10.6 Å². The van der Waals surface area contributed by atoms with Gasteiger partial charge in [-0.05, 0) is 35.8 Å². The van der Waals surface area contributed by atoms with E-state index in [1.807, 2.05) is 13.8 Å². The number of nitrogens with one attached hydrogen (secondary N) is 2. The van der Waals surface area contributed by atoms with E-state index in [9.17, 15) is 4.79 Å². The lowest BCUT2D eigenvalue weighted by Crippen LogP contribution is -2.24. The average Bonchev–Trinajstić information content (AvgIpc) is 2.75.